The summed E-state index contributed by atoms with van der Waals surface area (Å²) in [6.45, 7) is 3.40. The minimum absolute atomic E-state index is 0.147. The number of carbonyl (C=O) groups excluding carboxylic acids is 2. The van der Waals surface area contributed by atoms with E-state index in [1.807, 2.05) is 0 Å². The molecule has 0 aromatic heterocycles. The molecule has 1 aliphatic heterocycles. The summed E-state index contributed by atoms with van der Waals surface area (Å²) in [6, 6.07) is -0.536. The van der Waals surface area contributed by atoms with Gasteiger partial charge in [-0.3, -0.25) is 14.9 Å². The molecule has 0 bridgehead atoms. The third kappa shape index (κ3) is 1.22. The van der Waals surface area contributed by atoms with Crippen LogP contribution >= 0.6 is 0 Å². The molecule has 1 aliphatic carbocycles. The first-order valence-corrected chi connectivity index (χ1v) is 5.17. The van der Waals surface area contributed by atoms with Crippen molar-refractivity contribution in [1.29, 1.82) is 0 Å². The Morgan fingerprint density at radius 1 is 1.50 bits per heavy atom. The first-order valence-electron chi connectivity index (χ1n) is 5.17. The summed E-state index contributed by atoms with van der Waals surface area (Å²) in [5, 5.41) is 13.9. The van der Waals surface area contributed by atoms with Gasteiger partial charge >= 0.3 is 12.0 Å². The number of aliphatic carboxylic acids is 1. The molecule has 0 unspecified atom stereocenters. The maximum Gasteiger partial charge on any atom is 0.322 e. The zero-order valence-electron chi connectivity index (χ0n) is 9.16. The smallest absolute Gasteiger partial charge is 0.322 e. The first-order chi connectivity index (χ1) is 7.30. The highest BCUT2D eigenvalue weighted by atomic mass is 16.4. The Labute approximate surface area is 92.4 Å². The van der Waals surface area contributed by atoms with Crippen molar-refractivity contribution in [2.45, 2.75) is 32.2 Å². The molecule has 0 aromatic rings. The summed E-state index contributed by atoms with van der Waals surface area (Å²) < 4.78 is 0. The minimum atomic E-state index is -1.04. The van der Waals surface area contributed by atoms with Crippen molar-refractivity contribution in [1.82, 2.24) is 10.6 Å². The zero-order valence-corrected chi connectivity index (χ0v) is 9.16. The number of hydrogen-bond donors (Lipinski definition) is 3. The highest BCUT2D eigenvalue weighted by Gasteiger charge is 2.61. The largest absolute Gasteiger partial charge is 0.481 e. The Morgan fingerprint density at radius 3 is 2.50 bits per heavy atom. The van der Waals surface area contributed by atoms with E-state index in [0.29, 0.717) is 6.42 Å². The average Bonchev–Trinajstić information content (AvgIpc) is 2.54. The van der Waals surface area contributed by atoms with Crippen LogP contribution in [0.5, 0.6) is 0 Å². The fourth-order valence-corrected chi connectivity index (χ4v) is 2.85. The lowest BCUT2D eigenvalue weighted by Gasteiger charge is -2.25. The molecule has 1 spiro atoms. The quantitative estimate of drug-likeness (QED) is 0.552. The summed E-state index contributed by atoms with van der Waals surface area (Å²) in [5.41, 5.74) is -1.99. The van der Waals surface area contributed by atoms with Gasteiger partial charge in [0.15, 0.2) is 0 Å². The van der Waals surface area contributed by atoms with Crippen LogP contribution in [0, 0.1) is 11.3 Å². The molecule has 2 fully saturated rings. The first kappa shape index (κ1) is 10.9. The van der Waals surface area contributed by atoms with E-state index < -0.39 is 28.9 Å². The topological polar surface area (TPSA) is 95.5 Å². The third-order valence-electron chi connectivity index (χ3n) is 3.75. The number of amides is 3. The van der Waals surface area contributed by atoms with Gasteiger partial charge in [0.1, 0.15) is 5.54 Å². The van der Waals surface area contributed by atoms with E-state index in [0.717, 1.165) is 0 Å². The lowest BCUT2D eigenvalue weighted by Crippen LogP contribution is -2.49. The normalized spacial score (nSPS) is 42.2. The molecule has 6 heteroatoms. The van der Waals surface area contributed by atoms with Gasteiger partial charge in [0.2, 0.25) is 0 Å². The van der Waals surface area contributed by atoms with Gasteiger partial charge in [0, 0.05) is 0 Å². The Balaban J connectivity index is 2.35. The van der Waals surface area contributed by atoms with Crippen molar-refractivity contribution in [2.24, 2.45) is 11.3 Å². The van der Waals surface area contributed by atoms with Gasteiger partial charge in [-0.05, 0) is 25.7 Å². The zero-order chi connectivity index (χ0) is 12.1. The van der Waals surface area contributed by atoms with Crippen LogP contribution in [0.1, 0.15) is 26.7 Å². The fourth-order valence-electron chi connectivity index (χ4n) is 2.85. The van der Waals surface area contributed by atoms with Gasteiger partial charge < -0.3 is 10.4 Å². The molecule has 2 aliphatic rings. The number of rotatable bonds is 1. The molecule has 0 aromatic carbocycles. The van der Waals surface area contributed by atoms with Crippen LogP contribution in [0.25, 0.3) is 0 Å². The highest BCUT2D eigenvalue weighted by molar-refractivity contribution is 6.07. The summed E-state index contributed by atoms with van der Waals surface area (Å²) >= 11 is 0. The Bertz CT molecular complexity index is 394. The van der Waals surface area contributed by atoms with Crippen molar-refractivity contribution < 1.29 is 19.5 Å². The molecule has 1 saturated carbocycles. The van der Waals surface area contributed by atoms with Crippen molar-refractivity contribution in [2.75, 3.05) is 0 Å². The average molecular weight is 226 g/mol. The summed E-state index contributed by atoms with van der Waals surface area (Å²) in [5.74, 6) is -1.51. The van der Waals surface area contributed by atoms with Gasteiger partial charge in [0.25, 0.3) is 5.91 Å². The molecule has 1 saturated heterocycles. The molecule has 3 atom stereocenters. The van der Waals surface area contributed by atoms with E-state index in [-0.39, 0.29) is 12.3 Å². The number of carbonyl (C=O) groups is 3. The lowest BCUT2D eigenvalue weighted by molar-refractivity contribution is -0.147. The van der Waals surface area contributed by atoms with Gasteiger partial charge in [-0.2, -0.15) is 0 Å². The molecular weight excluding hydrogens is 212 g/mol. The van der Waals surface area contributed by atoms with Crippen LogP contribution in [-0.4, -0.2) is 28.6 Å². The summed E-state index contributed by atoms with van der Waals surface area (Å²) in [7, 11) is 0. The second-order valence-electron chi connectivity index (χ2n) is 5.03. The standard InChI is InChI=1S/C10H14N2O4/c1-5-3-9(2,7(14)15)4-10(5)6(13)11-8(16)12-10/h5H,3-4H2,1-2H3,(H,14,15)(H2,11,12,13,16)/t5-,9+,10+/m1/s1. The van der Waals surface area contributed by atoms with E-state index in [4.69, 9.17) is 5.11 Å². The minimum Gasteiger partial charge on any atom is -0.481 e. The second-order valence-corrected chi connectivity index (χ2v) is 5.03. The van der Waals surface area contributed by atoms with Gasteiger partial charge in [-0.15, -0.1) is 0 Å². The monoisotopic (exact) mass is 226 g/mol. The van der Waals surface area contributed by atoms with Gasteiger partial charge in [-0.25, -0.2) is 4.79 Å². The number of carboxylic acids is 1. The molecule has 3 amide bonds. The van der Waals surface area contributed by atoms with Crippen LogP contribution in [0.2, 0.25) is 0 Å². The van der Waals surface area contributed by atoms with E-state index in [1.54, 1.807) is 13.8 Å². The lowest BCUT2D eigenvalue weighted by atomic mass is 9.85. The maximum absolute atomic E-state index is 11.7. The number of hydrogen-bond acceptors (Lipinski definition) is 3. The van der Waals surface area contributed by atoms with Gasteiger partial charge in [-0.1, -0.05) is 6.92 Å². The van der Waals surface area contributed by atoms with Gasteiger partial charge in [0.05, 0.1) is 5.41 Å². The molecule has 88 valence electrons. The number of nitrogens with one attached hydrogen (secondary N) is 2. The number of carboxylic acid groups (broad SMARTS) is 1. The maximum atomic E-state index is 11.7. The van der Waals surface area contributed by atoms with E-state index in [1.165, 1.54) is 0 Å². The molecular formula is C10H14N2O4. The number of imide groups is 1. The van der Waals surface area contributed by atoms with Crippen molar-refractivity contribution in [3.05, 3.63) is 0 Å². The molecule has 16 heavy (non-hydrogen) atoms. The van der Waals surface area contributed by atoms with Crippen LogP contribution in [0.15, 0.2) is 0 Å². The van der Waals surface area contributed by atoms with Crippen molar-refractivity contribution >= 4 is 17.9 Å². The fraction of sp³-hybridized carbons (Fsp3) is 0.700. The Kier molecular flexibility index (Phi) is 2.02. The van der Waals surface area contributed by atoms with Crippen LogP contribution in [0.4, 0.5) is 4.79 Å². The molecule has 1 heterocycles. The third-order valence-corrected chi connectivity index (χ3v) is 3.75. The molecule has 0 radical (unpaired) electrons. The number of urea groups is 1. The van der Waals surface area contributed by atoms with Crippen LogP contribution < -0.4 is 10.6 Å². The van der Waals surface area contributed by atoms with E-state index in [2.05, 4.69) is 10.6 Å². The van der Waals surface area contributed by atoms with Crippen LogP contribution in [0.3, 0.4) is 0 Å². The molecule has 6 nitrogen and oxygen atoms in total. The SMILES string of the molecule is C[C@@H]1C[C@](C)(C(=O)O)C[C@]12NC(=O)NC2=O. The highest BCUT2D eigenvalue weighted by Crippen LogP contribution is 2.49. The summed E-state index contributed by atoms with van der Waals surface area (Å²) in [4.78, 5) is 34.0. The second kappa shape index (κ2) is 2.96. The predicted octanol–water partition coefficient (Wildman–Crippen LogP) is 0.0854. The van der Waals surface area contributed by atoms with Crippen LogP contribution in [-0.2, 0) is 9.59 Å². The Hall–Kier alpha value is -1.59. The molecule has 3 N–H and O–H groups in total. The van der Waals surface area contributed by atoms with E-state index >= 15 is 0 Å². The molecule has 2 rings (SSSR count). The summed E-state index contributed by atoms with van der Waals surface area (Å²) in [6.07, 6.45) is 0.532. The van der Waals surface area contributed by atoms with E-state index in [9.17, 15) is 14.4 Å². The predicted molar refractivity (Wildman–Crippen MR) is 53.5 cm³/mol. The Morgan fingerprint density at radius 2 is 2.12 bits per heavy atom. The van der Waals surface area contributed by atoms with Crippen molar-refractivity contribution in [3.63, 3.8) is 0 Å². The van der Waals surface area contributed by atoms with Crippen molar-refractivity contribution in [3.8, 4) is 0 Å².